The van der Waals surface area contributed by atoms with E-state index in [1.54, 1.807) is 0 Å². The first-order valence-corrected chi connectivity index (χ1v) is 6.57. The Morgan fingerprint density at radius 2 is 1.74 bits per heavy atom. The lowest BCUT2D eigenvalue weighted by molar-refractivity contribution is 0.0989. The maximum atomic E-state index is 13.8. The molecule has 0 radical (unpaired) electrons. The van der Waals surface area contributed by atoms with Crippen LogP contribution in [0.4, 0.5) is 8.78 Å². The Morgan fingerprint density at radius 3 is 2.37 bits per heavy atom. The van der Waals surface area contributed by atoms with Crippen LogP contribution in [0.5, 0.6) is 0 Å². The second-order valence-electron chi connectivity index (χ2n) is 3.95. The molecule has 0 fully saturated rings. The summed E-state index contributed by atoms with van der Waals surface area (Å²) in [7, 11) is 0. The molecule has 19 heavy (non-hydrogen) atoms. The van der Waals surface area contributed by atoms with Gasteiger partial charge < -0.3 is 0 Å². The summed E-state index contributed by atoms with van der Waals surface area (Å²) in [5.74, 6) is -1.53. The van der Waals surface area contributed by atoms with E-state index in [9.17, 15) is 13.6 Å². The average Bonchev–Trinajstić information content (AvgIpc) is 2.39. The maximum absolute atomic E-state index is 13.8. The highest BCUT2D eigenvalue weighted by Gasteiger charge is 2.16. The van der Waals surface area contributed by atoms with E-state index in [4.69, 9.17) is 11.6 Å². The standard InChI is InChI=1S/C14H8BrClF2O/c15-11-6-5-10(14(18)13(11)16)12(19)7-8-1-3-9(17)4-2-8/h1-6H,7H2. The lowest BCUT2D eigenvalue weighted by Gasteiger charge is -2.05. The Balaban J connectivity index is 2.25. The number of rotatable bonds is 3. The number of hydrogen-bond donors (Lipinski definition) is 0. The van der Waals surface area contributed by atoms with Crippen molar-refractivity contribution < 1.29 is 13.6 Å². The van der Waals surface area contributed by atoms with Crippen molar-refractivity contribution in [1.82, 2.24) is 0 Å². The smallest absolute Gasteiger partial charge is 0.170 e. The van der Waals surface area contributed by atoms with Gasteiger partial charge in [0.15, 0.2) is 11.6 Å². The second-order valence-corrected chi connectivity index (χ2v) is 5.18. The van der Waals surface area contributed by atoms with Gasteiger partial charge in [0.05, 0.1) is 10.6 Å². The van der Waals surface area contributed by atoms with E-state index in [2.05, 4.69) is 15.9 Å². The topological polar surface area (TPSA) is 17.1 Å². The van der Waals surface area contributed by atoms with Gasteiger partial charge in [-0.1, -0.05) is 23.7 Å². The van der Waals surface area contributed by atoms with Gasteiger partial charge in [-0.05, 0) is 45.8 Å². The zero-order chi connectivity index (χ0) is 14.0. The minimum atomic E-state index is -0.747. The van der Waals surface area contributed by atoms with Gasteiger partial charge in [-0.25, -0.2) is 8.78 Å². The molecule has 0 amide bonds. The zero-order valence-corrected chi connectivity index (χ0v) is 11.9. The Hall–Kier alpha value is -1.26. The molecule has 0 unspecified atom stereocenters. The number of Topliss-reactive ketones (excluding diaryl/α,β-unsaturated/α-hetero) is 1. The van der Waals surface area contributed by atoms with Crippen LogP contribution in [0.3, 0.4) is 0 Å². The molecule has 0 aliphatic carbocycles. The molecule has 0 bridgehead atoms. The van der Waals surface area contributed by atoms with Gasteiger partial charge >= 0.3 is 0 Å². The first-order valence-electron chi connectivity index (χ1n) is 5.40. The summed E-state index contributed by atoms with van der Waals surface area (Å²) in [4.78, 5) is 12.0. The Labute approximate surface area is 122 Å². The van der Waals surface area contributed by atoms with Crippen LogP contribution in [0.2, 0.25) is 5.02 Å². The molecule has 2 aromatic rings. The molecule has 98 valence electrons. The van der Waals surface area contributed by atoms with Gasteiger partial charge in [-0.2, -0.15) is 0 Å². The molecule has 0 spiro atoms. The minimum absolute atomic E-state index is 0.00480. The summed E-state index contributed by atoms with van der Waals surface area (Å²) >= 11 is 8.81. The molecule has 0 atom stereocenters. The molecular formula is C14H8BrClF2O. The largest absolute Gasteiger partial charge is 0.294 e. The summed E-state index contributed by atoms with van der Waals surface area (Å²) in [6.07, 6.45) is -0.00480. The Bertz CT molecular complexity index is 626. The highest BCUT2D eigenvalue weighted by atomic mass is 79.9. The minimum Gasteiger partial charge on any atom is -0.294 e. The number of halogens is 4. The van der Waals surface area contributed by atoms with Crippen molar-refractivity contribution >= 4 is 33.3 Å². The van der Waals surface area contributed by atoms with Gasteiger partial charge in [0.2, 0.25) is 0 Å². The van der Waals surface area contributed by atoms with E-state index in [1.165, 1.54) is 36.4 Å². The third kappa shape index (κ3) is 3.19. The van der Waals surface area contributed by atoms with E-state index >= 15 is 0 Å². The van der Waals surface area contributed by atoms with Crippen molar-refractivity contribution in [2.75, 3.05) is 0 Å². The monoisotopic (exact) mass is 344 g/mol. The van der Waals surface area contributed by atoms with Gasteiger partial charge in [0.1, 0.15) is 5.82 Å². The molecule has 0 aliphatic rings. The lowest BCUT2D eigenvalue weighted by atomic mass is 10.0. The zero-order valence-electron chi connectivity index (χ0n) is 9.59. The van der Waals surface area contributed by atoms with Crippen LogP contribution in [0.15, 0.2) is 40.9 Å². The van der Waals surface area contributed by atoms with Crippen molar-refractivity contribution in [3.05, 3.63) is 68.7 Å². The van der Waals surface area contributed by atoms with Crippen LogP contribution in [0, 0.1) is 11.6 Å². The summed E-state index contributed by atoms with van der Waals surface area (Å²) in [5, 5.41) is -0.120. The summed E-state index contributed by atoms with van der Waals surface area (Å²) < 4.78 is 27.0. The SMILES string of the molecule is O=C(Cc1ccc(F)cc1)c1ccc(Br)c(Cl)c1F. The van der Waals surface area contributed by atoms with E-state index < -0.39 is 11.6 Å². The number of hydrogen-bond acceptors (Lipinski definition) is 1. The molecule has 0 aromatic heterocycles. The van der Waals surface area contributed by atoms with Crippen molar-refractivity contribution in [1.29, 1.82) is 0 Å². The van der Waals surface area contributed by atoms with Crippen LogP contribution < -0.4 is 0 Å². The van der Waals surface area contributed by atoms with E-state index in [1.807, 2.05) is 0 Å². The molecule has 5 heteroatoms. The molecule has 2 rings (SSSR count). The lowest BCUT2D eigenvalue weighted by Crippen LogP contribution is -2.06. The number of carbonyl (C=O) groups is 1. The normalized spacial score (nSPS) is 10.5. The van der Waals surface area contributed by atoms with Gasteiger partial charge in [0.25, 0.3) is 0 Å². The van der Waals surface area contributed by atoms with Crippen LogP contribution in [-0.4, -0.2) is 5.78 Å². The number of ketones is 1. The van der Waals surface area contributed by atoms with Crippen LogP contribution in [-0.2, 0) is 6.42 Å². The maximum Gasteiger partial charge on any atom is 0.170 e. The molecule has 0 aliphatic heterocycles. The molecule has 1 nitrogen and oxygen atoms in total. The van der Waals surface area contributed by atoms with Crippen molar-refractivity contribution in [2.24, 2.45) is 0 Å². The first-order chi connectivity index (χ1) is 8.99. The second kappa shape index (κ2) is 5.80. The fourth-order valence-corrected chi connectivity index (χ4v) is 2.10. The number of carbonyl (C=O) groups excluding carboxylic acids is 1. The van der Waals surface area contributed by atoms with Crippen LogP contribution in [0.25, 0.3) is 0 Å². The third-order valence-electron chi connectivity index (χ3n) is 2.61. The van der Waals surface area contributed by atoms with Gasteiger partial charge in [0, 0.05) is 10.9 Å². The summed E-state index contributed by atoms with van der Waals surface area (Å²) in [5.41, 5.74) is 0.544. The van der Waals surface area contributed by atoms with E-state index in [-0.39, 0.29) is 22.8 Å². The van der Waals surface area contributed by atoms with E-state index in [0.717, 1.165) is 0 Å². The average molecular weight is 346 g/mol. The Morgan fingerprint density at radius 1 is 1.11 bits per heavy atom. The third-order valence-corrected chi connectivity index (χ3v) is 3.87. The highest BCUT2D eigenvalue weighted by molar-refractivity contribution is 9.10. The van der Waals surface area contributed by atoms with Crippen molar-refractivity contribution in [3.63, 3.8) is 0 Å². The summed E-state index contributed by atoms with van der Waals surface area (Å²) in [6, 6.07) is 8.39. The molecule has 0 N–H and O–H groups in total. The van der Waals surface area contributed by atoms with Crippen molar-refractivity contribution in [3.8, 4) is 0 Å². The fraction of sp³-hybridized carbons (Fsp3) is 0.0714. The molecule has 0 saturated heterocycles. The molecule has 2 aromatic carbocycles. The summed E-state index contributed by atoms with van der Waals surface area (Å²) in [6.45, 7) is 0. The fourth-order valence-electron chi connectivity index (χ4n) is 1.62. The quantitative estimate of drug-likeness (QED) is 0.576. The van der Waals surface area contributed by atoms with Gasteiger partial charge in [-0.15, -0.1) is 0 Å². The van der Waals surface area contributed by atoms with Crippen LogP contribution >= 0.6 is 27.5 Å². The Kier molecular flexibility index (Phi) is 4.32. The van der Waals surface area contributed by atoms with E-state index in [0.29, 0.717) is 10.0 Å². The predicted molar refractivity (Wildman–Crippen MR) is 73.5 cm³/mol. The first kappa shape index (κ1) is 14.2. The molecule has 0 saturated carbocycles. The van der Waals surface area contributed by atoms with Gasteiger partial charge in [-0.3, -0.25) is 4.79 Å². The highest BCUT2D eigenvalue weighted by Crippen LogP contribution is 2.28. The van der Waals surface area contributed by atoms with Crippen molar-refractivity contribution in [2.45, 2.75) is 6.42 Å². The number of benzene rings is 2. The molecule has 0 heterocycles. The molecular weight excluding hydrogens is 338 g/mol. The predicted octanol–water partition coefficient (Wildman–Crippen LogP) is 4.81. The van der Waals surface area contributed by atoms with Crippen LogP contribution in [0.1, 0.15) is 15.9 Å².